The highest BCUT2D eigenvalue weighted by molar-refractivity contribution is 5.94. The average molecular weight is 330 g/mol. The molecule has 1 aromatic carbocycles. The molecule has 0 saturated heterocycles. The molecule has 3 rings (SSSR count). The maximum atomic E-state index is 12.0. The highest BCUT2D eigenvalue weighted by atomic mass is 16.5. The summed E-state index contributed by atoms with van der Waals surface area (Å²) >= 11 is 0. The number of nitrogens with zero attached hydrogens (tertiary/aromatic N) is 1. The summed E-state index contributed by atoms with van der Waals surface area (Å²) in [7, 11) is 1.49. The van der Waals surface area contributed by atoms with Gasteiger partial charge in [0.15, 0.2) is 6.61 Å². The van der Waals surface area contributed by atoms with Gasteiger partial charge in [-0.25, -0.2) is 4.79 Å². The minimum absolute atomic E-state index is 0.0399. The van der Waals surface area contributed by atoms with Crippen molar-refractivity contribution in [3.05, 3.63) is 36.1 Å². The molecule has 1 fully saturated rings. The van der Waals surface area contributed by atoms with Crippen molar-refractivity contribution in [2.45, 2.75) is 18.9 Å². The molecule has 0 radical (unpaired) electrons. The third-order valence-corrected chi connectivity index (χ3v) is 3.70. The lowest BCUT2D eigenvalue weighted by molar-refractivity contribution is -0.137. The summed E-state index contributed by atoms with van der Waals surface area (Å²) in [5, 5.41) is 3.57. The molecular formula is C17H18N2O5. The van der Waals surface area contributed by atoms with Crippen molar-refractivity contribution >= 4 is 28.8 Å². The fraction of sp³-hybridized carbons (Fsp3) is 0.353. The summed E-state index contributed by atoms with van der Waals surface area (Å²) in [5.41, 5.74) is 0.574. The van der Waals surface area contributed by atoms with E-state index in [2.05, 4.69) is 5.32 Å². The number of benzene rings is 1. The van der Waals surface area contributed by atoms with Crippen molar-refractivity contribution < 1.29 is 23.5 Å². The zero-order valence-corrected chi connectivity index (χ0v) is 13.3. The van der Waals surface area contributed by atoms with E-state index in [1.165, 1.54) is 11.9 Å². The smallest absolute Gasteiger partial charge is 0.374 e. The summed E-state index contributed by atoms with van der Waals surface area (Å²) in [4.78, 5) is 36.7. The van der Waals surface area contributed by atoms with Crippen molar-refractivity contribution in [3.8, 4) is 0 Å². The molecule has 0 bridgehead atoms. The van der Waals surface area contributed by atoms with E-state index in [9.17, 15) is 14.4 Å². The number of fused-ring (bicyclic) bond motifs is 1. The van der Waals surface area contributed by atoms with E-state index >= 15 is 0 Å². The quantitative estimate of drug-likeness (QED) is 0.807. The molecule has 1 aromatic heterocycles. The molecule has 1 heterocycles. The predicted octanol–water partition coefficient (Wildman–Crippen LogP) is 1.33. The van der Waals surface area contributed by atoms with Gasteiger partial charge in [0.25, 0.3) is 5.91 Å². The molecule has 2 aromatic rings. The number of amides is 2. The van der Waals surface area contributed by atoms with Crippen molar-refractivity contribution in [3.63, 3.8) is 0 Å². The number of furan rings is 1. The second kappa shape index (κ2) is 6.74. The maximum Gasteiger partial charge on any atom is 0.374 e. The second-order valence-electron chi connectivity index (χ2n) is 5.82. The number of para-hydroxylation sites is 1. The summed E-state index contributed by atoms with van der Waals surface area (Å²) in [6.07, 6.45) is 1.97. The molecule has 0 atom stereocenters. The predicted molar refractivity (Wildman–Crippen MR) is 85.3 cm³/mol. The maximum absolute atomic E-state index is 12.0. The van der Waals surface area contributed by atoms with Gasteiger partial charge in [0.2, 0.25) is 11.7 Å². The van der Waals surface area contributed by atoms with Crippen LogP contribution in [0.15, 0.2) is 34.7 Å². The fourth-order valence-electron chi connectivity index (χ4n) is 2.20. The molecular weight excluding hydrogens is 312 g/mol. The van der Waals surface area contributed by atoms with Crippen LogP contribution < -0.4 is 5.32 Å². The number of hydrogen-bond donors (Lipinski definition) is 1. The number of likely N-dealkylation sites (N-methyl/N-ethyl adjacent to an activating group) is 1. The van der Waals surface area contributed by atoms with Gasteiger partial charge in [-0.3, -0.25) is 9.59 Å². The topological polar surface area (TPSA) is 88.9 Å². The number of ether oxygens (including phenoxy) is 1. The highest BCUT2D eigenvalue weighted by Crippen LogP contribution is 2.19. The number of rotatable bonds is 6. The van der Waals surface area contributed by atoms with Gasteiger partial charge in [-0.1, -0.05) is 18.2 Å². The Bertz CT molecular complexity index is 745. The molecule has 126 valence electrons. The molecule has 2 amide bonds. The molecule has 1 N–H and O–H groups in total. The van der Waals surface area contributed by atoms with Gasteiger partial charge in [0.05, 0.1) is 6.54 Å². The normalized spacial score (nSPS) is 13.5. The van der Waals surface area contributed by atoms with Gasteiger partial charge in [0.1, 0.15) is 5.58 Å². The molecule has 1 aliphatic carbocycles. The Hall–Kier alpha value is -2.83. The van der Waals surface area contributed by atoms with Crippen LogP contribution in [0.5, 0.6) is 0 Å². The Labute approximate surface area is 138 Å². The molecule has 24 heavy (non-hydrogen) atoms. The van der Waals surface area contributed by atoms with Crippen molar-refractivity contribution in [1.29, 1.82) is 0 Å². The first kappa shape index (κ1) is 16.0. The van der Waals surface area contributed by atoms with E-state index in [-0.39, 0.29) is 24.3 Å². The molecule has 0 aliphatic heterocycles. The summed E-state index contributed by atoms with van der Waals surface area (Å²) in [6.45, 7) is -0.499. The lowest BCUT2D eigenvalue weighted by atomic mass is 10.2. The first-order valence-corrected chi connectivity index (χ1v) is 7.72. The summed E-state index contributed by atoms with van der Waals surface area (Å²) in [6, 6.07) is 8.99. The van der Waals surface area contributed by atoms with Crippen molar-refractivity contribution in [1.82, 2.24) is 10.2 Å². The van der Waals surface area contributed by atoms with E-state index < -0.39 is 18.5 Å². The van der Waals surface area contributed by atoms with Crippen LogP contribution in [-0.2, 0) is 14.3 Å². The first-order valence-electron chi connectivity index (χ1n) is 7.72. The van der Waals surface area contributed by atoms with Gasteiger partial charge in [-0.15, -0.1) is 0 Å². The Morgan fingerprint density at radius 1 is 1.29 bits per heavy atom. The van der Waals surface area contributed by atoms with Crippen LogP contribution >= 0.6 is 0 Å². The Balaban J connectivity index is 1.49. The lowest BCUT2D eigenvalue weighted by Gasteiger charge is -2.16. The van der Waals surface area contributed by atoms with Crippen LogP contribution in [0.4, 0.5) is 0 Å². The van der Waals surface area contributed by atoms with Gasteiger partial charge in [0, 0.05) is 18.5 Å². The number of carbonyl (C=O) groups is 3. The molecule has 1 saturated carbocycles. The first-order chi connectivity index (χ1) is 11.5. The van der Waals surface area contributed by atoms with Gasteiger partial charge in [-0.05, 0) is 25.0 Å². The second-order valence-corrected chi connectivity index (χ2v) is 5.82. The third-order valence-electron chi connectivity index (χ3n) is 3.70. The minimum Gasteiger partial charge on any atom is -0.450 e. The summed E-state index contributed by atoms with van der Waals surface area (Å²) in [5.74, 6) is -1.34. The Morgan fingerprint density at radius 3 is 2.75 bits per heavy atom. The summed E-state index contributed by atoms with van der Waals surface area (Å²) < 4.78 is 10.3. The SMILES string of the molecule is CN(CC(=O)NC1CC1)C(=O)COC(=O)c1cc2ccccc2o1. The van der Waals surface area contributed by atoms with Crippen molar-refractivity contribution in [2.75, 3.05) is 20.2 Å². The van der Waals surface area contributed by atoms with Crippen LogP contribution in [0, 0.1) is 0 Å². The molecule has 1 aliphatic rings. The highest BCUT2D eigenvalue weighted by Gasteiger charge is 2.24. The van der Waals surface area contributed by atoms with Crippen LogP contribution in [0.3, 0.4) is 0 Å². The number of nitrogens with one attached hydrogen (secondary N) is 1. The van der Waals surface area contributed by atoms with E-state index in [4.69, 9.17) is 9.15 Å². The molecule has 7 heteroatoms. The van der Waals surface area contributed by atoms with Gasteiger partial charge in [-0.2, -0.15) is 0 Å². The van der Waals surface area contributed by atoms with E-state index in [1.54, 1.807) is 18.2 Å². The zero-order valence-electron chi connectivity index (χ0n) is 13.3. The van der Waals surface area contributed by atoms with Gasteiger partial charge >= 0.3 is 5.97 Å². The van der Waals surface area contributed by atoms with Crippen LogP contribution in [0.2, 0.25) is 0 Å². The van der Waals surface area contributed by atoms with E-state index in [0.717, 1.165) is 18.2 Å². The monoisotopic (exact) mass is 330 g/mol. The van der Waals surface area contributed by atoms with Crippen LogP contribution in [0.25, 0.3) is 11.0 Å². The Morgan fingerprint density at radius 2 is 2.04 bits per heavy atom. The standard InChI is InChI=1S/C17H18N2O5/c1-19(9-15(20)18-12-6-7-12)16(21)10-23-17(22)14-8-11-4-2-3-5-13(11)24-14/h2-5,8,12H,6-7,9-10H2,1H3,(H,18,20). The zero-order chi connectivity index (χ0) is 17.1. The van der Waals surface area contributed by atoms with E-state index in [0.29, 0.717) is 5.58 Å². The van der Waals surface area contributed by atoms with Crippen molar-refractivity contribution in [2.24, 2.45) is 0 Å². The van der Waals surface area contributed by atoms with Crippen LogP contribution in [-0.4, -0.2) is 48.9 Å². The lowest BCUT2D eigenvalue weighted by Crippen LogP contribution is -2.40. The number of hydrogen-bond acceptors (Lipinski definition) is 5. The van der Waals surface area contributed by atoms with Crippen LogP contribution in [0.1, 0.15) is 23.4 Å². The average Bonchev–Trinajstić information content (AvgIpc) is 3.26. The van der Waals surface area contributed by atoms with E-state index in [1.807, 2.05) is 12.1 Å². The molecule has 0 unspecified atom stereocenters. The number of carbonyl (C=O) groups excluding carboxylic acids is 3. The van der Waals surface area contributed by atoms with Gasteiger partial charge < -0.3 is 19.4 Å². The minimum atomic E-state index is -0.713. The molecule has 0 spiro atoms. The Kier molecular flexibility index (Phi) is 4.50. The largest absolute Gasteiger partial charge is 0.450 e. The molecule has 7 nitrogen and oxygen atoms in total. The fourth-order valence-corrected chi connectivity index (χ4v) is 2.20. The number of esters is 1. The third kappa shape index (κ3) is 3.92.